The second-order valence-electron chi connectivity index (χ2n) is 8.25. The lowest BCUT2D eigenvalue weighted by Crippen LogP contribution is -2.14. The molecule has 1 unspecified atom stereocenters. The van der Waals surface area contributed by atoms with Gasteiger partial charge in [0.25, 0.3) is 0 Å². The average molecular weight is 452 g/mol. The van der Waals surface area contributed by atoms with E-state index in [-0.39, 0.29) is 18.0 Å². The molecule has 2 rings (SSSR count). The highest BCUT2D eigenvalue weighted by Gasteiger charge is 2.09. The van der Waals surface area contributed by atoms with E-state index in [9.17, 15) is 9.59 Å². The molecule has 1 atom stereocenters. The minimum atomic E-state index is -0.227. The predicted molar refractivity (Wildman–Crippen MR) is 132 cm³/mol. The largest absolute Gasteiger partial charge is 0.463 e. The van der Waals surface area contributed by atoms with Crippen LogP contribution in [0.1, 0.15) is 77.7 Å². The van der Waals surface area contributed by atoms with Crippen LogP contribution in [0.25, 0.3) is 11.3 Å². The van der Waals surface area contributed by atoms with Crippen molar-refractivity contribution in [3.8, 4) is 17.0 Å². The summed E-state index contributed by atoms with van der Waals surface area (Å²) >= 11 is 0. The first-order valence-electron chi connectivity index (χ1n) is 12.1. The summed E-state index contributed by atoms with van der Waals surface area (Å²) in [6.07, 6.45) is 13.5. The van der Waals surface area contributed by atoms with Crippen molar-refractivity contribution in [3.63, 3.8) is 0 Å². The van der Waals surface area contributed by atoms with Crippen LogP contribution in [0.15, 0.2) is 54.7 Å². The molecule has 1 aromatic carbocycles. The molecule has 5 heteroatoms. The topological polar surface area (TPSA) is 65.5 Å². The maximum absolute atomic E-state index is 12.0. The van der Waals surface area contributed by atoms with Gasteiger partial charge in [0.2, 0.25) is 0 Å². The lowest BCUT2D eigenvalue weighted by Gasteiger charge is -2.12. The van der Waals surface area contributed by atoms with Gasteiger partial charge >= 0.3 is 11.9 Å². The normalized spacial score (nSPS) is 12.0. The highest BCUT2D eigenvalue weighted by atomic mass is 16.5. The zero-order chi connectivity index (χ0) is 23.9. The summed E-state index contributed by atoms with van der Waals surface area (Å²) in [5.74, 6) is 0.0807. The molecule has 0 amide bonds. The summed E-state index contributed by atoms with van der Waals surface area (Å²) in [6, 6.07) is 11.8. The number of aromatic nitrogens is 1. The molecule has 2 aromatic rings. The van der Waals surface area contributed by atoms with E-state index in [0.29, 0.717) is 18.6 Å². The van der Waals surface area contributed by atoms with E-state index < -0.39 is 0 Å². The van der Waals surface area contributed by atoms with Crippen molar-refractivity contribution in [1.82, 2.24) is 4.98 Å². The van der Waals surface area contributed by atoms with Crippen LogP contribution in [0.2, 0.25) is 0 Å². The van der Waals surface area contributed by atoms with Gasteiger partial charge < -0.3 is 9.47 Å². The number of hydrogen-bond acceptors (Lipinski definition) is 5. The Morgan fingerprint density at radius 1 is 0.970 bits per heavy atom. The fourth-order valence-corrected chi connectivity index (χ4v) is 3.29. The molecule has 5 nitrogen and oxygen atoms in total. The first kappa shape index (κ1) is 26.3. The molecule has 0 fully saturated rings. The number of rotatable bonds is 14. The number of carbonyl (C=O) groups is 2. The van der Waals surface area contributed by atoms with Crippen LogP contribution in [0.3, 0.4) is 0 Å². The summed E-state index contributed by atoms with van der Waals surface area (Å²) < 4.78 is 10.7. The van der Waals surface area contributed by atoms with Crippen LogP contribution in [0.5, 0.6) is 5.75 Å². The number of pyridine rings is 1. The fraction of sp³-hybridized carbons (Fsp3) is 0.464. The highest BCUT2D eigenvalue weighted by molar-refractivity contribution is 5.72. The number of esters is 2. The van der Waals surface area contributed by atoms with Crippen molar-refractivity contribution < 1.29 is 19.1 Å². The highest BCUT2D eigenvalue weighted by Crippen LogP contribution is 2.21. The zero-order valence-electron chi connectivity index (χ0n) is 20.2. The van der Waals surface area contributed by atoms with Crippen LogP contribution < -0.4 is 4.74 Å². The van der Waals surface area contributed by atoms with Gasteiger partial charge in [-0.2, -0.15) is 0 Å². The molecule has 0 aliphatic heterocycles. The van der Waals surface area contributed by atoms with Crippen molar-refractivity contribution in [2.24, 2.45) is 0 Å². The maximum atomic E-state index is 12.0. The summed E-state index contributed by atoms with van der Waals surface area (Å²) in [5.41, 5.74) is 3.00. The molecule has 178 valence electrons. The van der Waals surface area contributed by atoms with Crippen molar-refractivity contribution in [2.45, 2.75) is 84.7 Å². The second-order valence-corrected chi connectivity index (χ2v) is 8.25. The van der Waals surface area contributed by atoms with E-state index in [1.165, 1.54) is 18.4 Å². The number of allylic oxidation sites excluding steroid dienone is 2. The number of hydrogen-bond donors (Lipinski definition) is 0. The van der Waals surface area contributed by atoms with E-state index in [4.69, 9.17) is 9.47 Å². The van der Waals surface area contributed by atoms with E-state index in [2.05, 4.69) is 36.2 Å². The van der Waals surface area contributed by atoms with Crippen molar-refractivity contribution in [2.75, 3.05) is 0 Å². The van der Waals surface area contributed by atoms with Gasteiger partial charge in [-0.1, -0.05) is 63.1 Å². The zero-order valence-corrected chi connectivity index (χ0v) is 20.2. The predicted octanol–water partition coefficient (Wildman–Crippen LogP) is 6.85. The number of benzene rings is 1. The van der Waals surface area contributed by atoms with Gasteiger partial charge in [0.1, 0.15) is 5.75 Å². The third kappa shape index (κ3) is 10.5. The van der Waals surface area contributed by atoms with Crippen LogP contribution >= 0.6 is 0 Å². The average Bonchev–Trinajstić information content (AvgIpc) is 2.83. The van der Waals surface area contributed by atoms with Gasteiger partial charge in [0.05, 0.1) is 18.0 Å². The quantitative estimate of drug-likeness (QED) is 0.179. The minimum Gasteiger partial charge on any atom is -0.463 e. The smallest absolute Gasteiger partial charge is 0.311 e. The van der Waals surface area contributed by atoms with Crippen molar-refractivity contribution >= 4 is 11.9 Å². The SMILES string of the molecule is CCCC/C=C\CCCC(=O)Oc1ccc(-c2ccc(CCC(C)OC(=O)CC)cc2)nc1. The number of aryl methyl sites for hydroxylation is 1. The molecule has 0 aliphatic carbocycles. The molecule has 0 N–H and O–H groups in total. The van der Waals surface area contributed by atoms with Gasteiger partial charge in [-0.15, -0.1) is 0 Å². The Morgan fingerprint density at radius 3 is 2.33 bits per heavy atom. The van der Waals surface area contributed by atoms with Crippen LogP contribution in [0.4, 0.5) is 0 Å². The Labute approximate surface area is 198 Å². The third-order valence-electron chi connectivity index (χ3n) is 5.32. The van der Waals surface area contributed by atoms with E-state index in [0.717, 1.165) is 43.4 Å². The Balaban J connectivity index is 1.77. The van der Waals surface area contributed by atoms with Crippen LogP contribution in [0, 0.1) is 0 Å². The van der Waals surface area contributed by atoms with Crippen molar-refractivity contribution in [3.05, 3.63) is 60.3 Å². The molecule has 33 heavy (non-hydrogen) atoms. The summed E-state index contributed by atoms with van der Waals surface area (Å²) in [6.45, 7) is 5.90. The van der Waals surface area contributed by atoms with Gasteiger partial charge in [-0.05, 0) is 56.7 Å². The van der Waals surface area contributed by atoms with Gasteiger partial charge in [0, 0.05) is 18.4 Å². The molecule has 0 saturated heterocycles. The molecule has 0 aliphatic rings. The van der Waals surface area contributed by atoms with E-state index >= 15 is 0 Å². The van der Waals surface area contributed by atoms with Gasteiger partial charge in [-0.25, -0.2) is 0 Å². The first-order chi connectivity index (χ1) is 16.0. The minimum absolute atomic E-state index is 0.0868. The molecular formula is C28H37NO4. The fourth-order valence-electron chi connectivity index (χ4n) is 3.29. The van der Waals surface area contributed by atoms with Gasteiger partial charge in [0.15, 0.2) is 0 Å². The summed E-state index contributed by atoms with van der Waals surface area (Å²) in [5, 5.41) is 0. The number of nitrogens with zero attached hydrogens (tertiary/aromatic N) is 1. The second kappa shape index (κ2) is 15.0. The Bertz CT molecular complexity index is 872. The number of carbonyl (C=O) groups excluding carboxylic acids is 2. The summed E-state index contributed by atoms with van der Waals surface area (Å²) in [4.78, 5) is 27.8. The van der Waals surface area contributed by atoms with Crippen LogP contribution in [-0.2, 0) is 20.7 Å². The van der Waals surface area contributed by atoms with Crippen LogP contribution in [-0.4, -0.2) is 23.0 Å². The maximum Gasteiger partial charge on any atom is 0.311 e. The Kier molecular flexibility index (Phi) is 11.9. The molecule has 1 aromatic heterocycles. The standard InChI is InChI=1S/C28H37NO4/c1-4-6-7-8-9-10-11-12-28(31)33-25-19-20-26(29-21-25)24-17-15-23(16-18-24)14-13-22(3)32-27(30)5-2/h8-9,15-22H,4-7,10-14H2,1-3H3/b9-8-. The first-order valence-corrected chi connectivity index (χ1v) is 12.1. The van der Waals surface area contributed by atoms with E-state index in [1.807, 2.05) is 25.1 Å². The molecular weight excluding hydrogens is 414 g/mol. The number of unbranched alkanes of at least 4 members (excludes halogenated alkanes) is 3. The van der Waals surface area contributed by atoms with Gasteiger partial charge in [-0.3, -0.25) is 14.6 Å². The molecule has 0 saturated carbocycles. The Morgan fingerprint density at radius 2 is 1.70 bits per heavy atom. The lowest BCUT2D eigenvalue weighted by molar-refractivity contribution is -0.148. The summed E-state index contributed by atoms with van der Waals surface area (Å²) in [7, 11) is 0. The number of ether oxygens (including phenoxy) is 2. The molecule has 1 heterocycles. The lowest BCUT2D eigenvalue weighted by atomic mass is 10.0. The third-order valence-corrected chi connectivity index (χ3v) is 5.32. The monoisotopic (exact) mass is 451 g/mol. The molecule has 0 radical (unpaired) electrons. The van der Waals surface area contributed by atoms with Crippen molar-refractivity contribution in [1.29, 1.82) is 0 Å². The molecule has 0 bridgehead atoms. The van der Waals surface area contributed by atoms with E-state index in [1.54, 1.807) is 19.2 Å². The Hall–Kier alpha value is -2.95. The molecule has 0 spiro atoms.